The van der Waals surface area contributed by atoms with Gasteiger partial charge in [0.15, 0.2) is 0 Å². The third-order valence-corrected chi connectivity index (χ3v) is 4.77. The van der Waals surface area contributed by atoms with Gasteiger partial charge in [0.05, 0.1) is 0 Å². The Morgan fingerprint density at radius 1 is 1.11 bits per heavy atom. The molecule has 0 aliphatic rings. The minimum atomic E-state index is 0.0574. The molecular formula is C16H21NS. The van der Waals surface area contributed by atoms with Gasteiger partial charge in [0.1, 0.15) is 0 Å². The van der Waals surface area contributed by atoms with Gasteiger partial charge in [0, 0.05) is 16.8 Å². The lowest BCUT2D eigenvalue weighted by Gasteiger charge is -2.27. The summed E-state index contributed by atoms with van der Waals surface area (Å²) in [5.41, 5.74) is 8.83. The molecule has 0 amide bonds. The number of thiophene rings is 1. The Bertz CT molecular complexity index is 472. The smallest absolute Gasteiger partial charge is 0.0181 e. The second kappa shape index (κ2) is 5.68. The minimum Gasteiger partial charge on any atom is -0.330 e. The van der Waals surface area contributed by atoms with Crippen molar-refractivity contribution in [3.63, 3.8) is 0 Å². The Hall–Kier alpha value is -1.12. The summed E-state index contributed by atoms with van der Waals surface area (Å²) < 4.78 is 0. The van der Waals surface area contributed by atoms with E-state index in [1.165, 1.54) is 16.0 Å². The van der Waals surface area contributed by atoms with Gasteiger partial charge >= 0.3 is 0 Å². The first-order valence-electron chi connectivity index (χ1n) is 6.50. The monoisotopic (exact) mass is 259 g/mol. The van der Waals surface area contributed by atoms with Gasteiger partial charge in [-0.1, -0.05) is 44.2 Å². The van der Waals surface area contributed by atoms with Crippen LogP contribution >= 0.6 is 11.3 Å². The Balaban J connectivity index is 2.19. The van der Waals surface area contributed by atoms with Crippen LogP contribution in [0.15, 0.2) is 41.8 Å². The summed E-state index contributed by atoms with van der Waals surface area (Å²) in [6.45, 7) is 5.13. The SMILES string of the molecule is CCc1ccc(CC(C)(CN)c2cccs2)cc1. The van der Waals surface area contributed by atoms with E-state index < -0.39 is 0 Å². The zero-order valence-corrected chi connectivity index (χ0v) is 12.0. The molecule has 18 heavy (non-hydrogen) atoms. The first-order chi connectivity index (χ1) is 8.68. The van der Waals surface area contributed by atoms with E-state index >= 15 is 0 Å². The maximum absolute atomic E-state index is 6.01. The summed E-state index contributed by atoms with van der Waals surface area (Å²) in [6, 6.07) is 13.2. The molecule has 1 aromatic heterocycles. The summed E-state index contributed by atoms with van der Waals surface area (Å²) in [4.78, 5) is 1.38. The molecule has 0 saturated heterocycles. The fourth-order valence-corrected chi connectivity index (χ4v) is 3.13. The Morgan fingerprint density at radius 3 is 2.28 bits per heavy atom. The predicted octanol–water partition coefficient (Wildman–Crippen LogP) is 3.77. The van der Waals surface area contributed by atoms with E-state index in [0.29, 0.717) is 6.54 Å². The molecule has 0 aliphatic carbocycles. The van der Waals surface area contributed by atoms with Gasteiger partial charge < -0.3 is 5.73 Å². The highest BCUT2D eigenvalue weighted by molar-refractivity contribution is 7.10. The summed E-state index contributed by atoms with van der Waals surface area (Å²) in [6.07, 6.45) is 2.10. The quantitative estimate of drug-likeness (QED) is 0.869. The average Bonchev–Trinajstić information content (AvgIpc) is 2.94. The molecule has 1 nitrogen and oxygen atoms in total. The number of hydrogen-bond acceptors (Lipinski definition) is 2. The van der Waals surface area contributed by atoms with E-state index in [-0.39, 0.29) is 5.41 Å². The third kappa shape index (κ3) is 2.82. The van der Waals surface area contributed by atoms with Gasteiger partial charge in [-0.2, -0.15) is 0 Å². The zero-order valence-electron chi connectivity index (χ0n) is 11.1. The highest BCUT2D eigenvalue weighted by Crippen LogP contribution is 2.30. The second-order valence-electron chi connectivity index (χ2n) is 5.09. The Kier molecular flexibility index (Phi) is 4.20. The standard InChI is InChI=1S/C16H21NS/c1-3-13-6-8-14(9-7-13)11-16(2,12-17)15-5-4-10-18-15/h4-10H,3,11-12,17H2,1-2H3. The summed E-state index contributed by atoms with van der Waals surface area (Å²) in [5.74, 6) is 0. The molecule has 0 saturated carbocycles. The largest absolute Gasteiger partial charge is 0.330 e. The number of nitrogens with two attached hydrogens (primary N) is 1. The second-order valence-corrected chi connectivity index (χ2v) is 6.04. The van der Waals surface area contributed by atoms with Crippen molar-refractivity contribution in [2.24, 2.45) is 5.73 Å². The zero-order chi connectivity index (χ0) is 13.0. The van der Waals surface area contributed by atoms with Crippen LogP contribution in [0.3, 0.4) is 0 Å². The molecule has 2 rings (SSSR count). The molecule has 0 bridgehead atoms. The van der Waals surface area contributed by atoms with Gasteiger partial charge in [-0.05, 0) is 35.4 Å². The van der Waals surface area contributed by atoms with Gasteiger partial charge in [-0.3, -0.25) is 0 Å². The van der Waals surface area contributed by atoms with Crippen LogP contribution in [0.25, 0.3) is 0 Å². The Morgan fingerprint density at radius 2 is 1.78 bits per heavy atom. The molecule has 1 atom stereocenters. The predicted molar refractivity (Wildman–Crippen MR) is 80.2 cm³/mol. The van der Waals surface area contributed by atoms with E-state index in [0.717, 1.165) is 12.8 Å². The highest BCUT2D eigenvalue weighted by Gasteiger charge is 2.26. The lowest BCUT2D eigenvalue weighted by Crippen LogP contribution is -2.33. The molecule has 1 heterocycles. The van der Waals surface area contributed by atoms with Crippen LogP contribution < -0.4 is 5.73 Å². The summed E-state index contributed by atoms with van der Waals surface area (Å²) in [5, 5.41) is 2.13. The van der Waals surface area contributed by atoms with Crippen molar-refractivity contribution in [3.05, 3.63) is 57.8 Å². The van der Waals surface area contributed by atoms with E-state index in [9.17, 15) is 0 Å². The van der Waals surface area contributed by atoms with Crippen molar-refractivity contribution >= 4 is 11.3 Å². The van der Waals surface area contributed by atoms with Crippen LogP contribution in [0, 0.1) is 0 Å². The van der Waals surface area contributed by atoms with Crippen molar-refractivity contribution in [2.45, 2.75) is 32.1 Å². The molecule has 2 N–H and O–H groups in total. The van der Waals surface area contributed by atoms with Gasteiger partial charge in [0.2, 0.25) is 0 Å². The van der Waals surface area contributed by atoms with E-state index in [2.05, 4.69) is 55.6 Å². The topological polar surface area (TPSA) is 26.0 Å². The van der Waals surface area contributed by atoms with Crippen LogP contribution in [0.2, 0.25) is 0 Å². The summed E-state index contributed by atoms with van der Waals surface area (Å²) in [7, 11) is 0. The molecule has 1 unspecified atom stereocenters. The van der Waals surface area contributed by atoms with E-state index in [4.69, 9.17) is 5.73 Å². The van der Waals surface area contributed by atoms with Crippen molar-refractivity contribution in [2.75, 3.05) is 6.54 Å². The average molecular weight is 259 g/mol. The van der Waals surface area contributed by atoms with E-state index in [1.807, 2.05) is 0 Å². The molecule has 0 spiro atoms. The molecule has 0 fully saturated rings. The number of aryl methyl sites for hydroxylation is 1. The fourth-order valence-electron chi connectivity index (χ4n) is 2.23. The van der Waals surface area contributed by atoms with Gasteiger partial charge in [-0.15, -0.1) is 11.3 Å². The molecule has 2 aromatic rings. The van der Waals surface area contributed by atoms with Gasteiger partial charge in [-0.25, -0.2) is 0 Å². The van der Waals surface area contributed by atoms with Crippen LogP contribution in [0.1, 0.15) is 29.9 Å². The molecule has 2 heteroatoms. The maximum Gasteiger partial charge on any atom is 0.0181 e. The molecule has 0 aliphatic heterocycles. The molecule has 96 valence electrons. The van der Waals surface area contributed by atoms with Crippen LogP contribution in [0.4, 0.5) is 0 Å². The van der Waals surface area contributed by atoms with Crippen LogP contribution in [0.5, 0.6) is 0 Å². The van der Waals surface area contributed by atoms with Gasteiger partial charge in [0.25, 0.3) is 0 Å². The lowest BCUT2D eigenvalue weighted by molar-refractivity contribution is 0.491. The summed E-state index contributed by atoms with van der Waals surface area (Å²) >= 11 is 1.80. The van der Waals surface area contributed by atoms with Crippen molar-refractivity contribution in [1.82, 2.24) is 0 Å². The van der Waals surface area contributed by atoms with E-state index in [1.54, 1.807) is 11.3 Å². The van der Waals surface area contributed by atoms with Crippen molar-refractivity contribution < 1.29 is 0 Å². The minimum absolute atomic E-state index is 0.0574. The first kappa shape index (κ1) is 13.3. The highest BCUT2D eigenvalue weighted by atomic mass is 32.1. The third-order valence-electron chi connectivity index (χ3n) is 3.59. The fraction of sp³-hybridized carbons (Fsp3) is 0.375. The molecular weight excluding hydrogens is 238 g/mol. The Labute approximate surface area is 114 Å². The maximum atomic E-state index is 6.01. The van der Waals surface area contributed by atoms with Crippen LogP contribution in [-0.4, -0.2) is 6.54 Å². The lowest BCUT2D eigenvalue weighted by atomic mass is 9.82. The van der Waals surface area contributed by atoms with Crippen molar-refractivity contribution in [1.29, 1.82) is 0 Å². The van der Waals surface area contributed by atoms with Crippen molar-refractivity contribution in [3.8, 4) is 0 Å². The molecule has 0 radical (unpaired) electrons. The molecule has 1 aromatic carbocycles. The normalized spacial score (nSPS) is 14.4. The number of benzene rings is 1. The first-order valence-corrected chi connectivity index (χ1v) is 7.38. The van der Waals surface area contributed by atoms with Crippen LogP contribution in [-0.2, 0) is 18.3 Å². The number of hydrogen-bond donors (Lipinski definition) is 1. The number of rotatable bonds is 5.